The quantitative estimate of drug-likeness (QED) is 0.880. The van der Waals surface area contributed by atoms with Gasteiger partial charge in [0.05, 0.1) is 0 Å². The van der Waals surface area contributed by atoms with Crippen molar-refractivity contribution in [3.05, 3.63) is 65.2 Å². The van der Waals surface area contributed by atoms with E-state index in [0.717, 1.165) is 56.7 Å². The van der Waals surface area contributed by atoms with E-state index in [9.17, 15) is 4.79 Å². The number of hydrogen-bond acceptors (Lipinski definition) is 3. The minimum atomic E-state index is 0.138. The van der Waals surface area contributed by atoms with Crippen LogP contribution in [0.3, 0.4) is 0 Å². The lowest BCUT2D eigenvalue weighted by Gasteiger charge is -2.20. The van der Waals surface area contributed by atoms with Crippen molar-refractivity contribution in [2.24, 2.45) is 0 Å². The lowest BCUT2D eigenvalue weighted by molar-refractivity contribution is 0.0766. The summed E-state index contributed by atoms with van der Waals surface area (Å²) in [4.78, 5) is 14.7. The van der Waals surface area contributed by atoms with Crippen LogP contribution in [0.1, 0.15) is 34.8 Å². The monoisotopic (exact) mass is 337 g/mol. The fourth-order valence-electron chi connectivity index (χ4n) is 3.24. The highest BCUT2D eigenvalue weighted by atomic mass is 16.2. The van der Waals surface area contributed by atoms with Crippen molar-refractivity contribution in [2.45, 2.75) is 26.3 Å². The molecule has 2 aromatic rings. The highest BCUT2D eigenvalue weighted by Crippen LogP contribution is 2.17. The maximum Gasteiger partial charge on any atom is 0.253 e. The summed E-state index contributed by atoms with van der Waals surface area (Å²) in [5, 5.41) is 6.84. The number of para-hydroxylation sites is 1. The van der Waals surface area contributed by atoms with Gasteiger partial charge in [0, 0.05) is 37.4 Å². The number of hydrogen-bond donors (Lipinski definition) is 2. The Morgan fingerprint density at radius 1 is 1.12 bits per heavy atom. The molecule has 4 heteroatoms. The second-order valence-electron chi connectivity index (χ2n) is 6.46. The van der Waals surface area contributed by atoms with Gasteiger partial charge in [0.1, 0.15) is 0 Å². The maximum atomic E-state index is 12.8. The summed E-state index contributed by atoms with van der Waals surface area (Å²) in [6, 6.07) is 16.4. The number of carbonyl (C=O) groups is 1. The number of carbonyl (C=O) groups excluding carboxylic acids is 1. The number of anilines is 1. The summed E-state index contributed by atoms with van der Waals surface area (Å²) in [5.41, 5.74) is 4.39. The van der Waals surface area contributed by atoms with Gasteiger partial charge in [-0.1, -0.05) is 37.3 Å². The molecule has 1 heterocycles. The average molecular weight is 337 g/mol. The van der Waals surface area contributed by atoms with Crippen LogP contribution in [-0.4, -0.2) is 37.0 Å². The van der Waals surface area contributed by atoms with Crippen molar-refractivity contribution in [3.8, 4) is 0 Å². The van der Waals surface area contributed by atoms with Gasteiger partial charge in [0.15, 0.2) is 0 Å². The molecule has 0 radical (unpaired) electrons. The zero-order chi connectivity index (χ0) is 17.5. The number of amides is 1. The molecule has 1 aliphatic rings. The van der Waals surface area contributed by atoms with Crippen LogP contribution in [0.2, 0.25) is 0 Å². The Labute approximate surface area is 150 Å². The van der Waals surface area contributed by atoms with Gasteiger partial charge < -0.3 is 15.5 Å². The first-order valence-corrected chi connectivity index (χ1v) is 9.18. The Bertz CT molecular complexity index is 706. The molecular weight excluding hydrogens is 310 g/mol. The fourth-order valence-corrected chi connectivity index (χ4v) is 3.24. The van der Waals surface area contributed by atoms with Crippen LogP contribution < -0.4 is 10.6 Å². The molecule has 1 amide bonds. The Balaban J connectivity index is 1.67. The molecule has 4 nitrogen and oxygen atoms in total. The third-order valence-electron chi connectivity index (χ3n) is 4.68. The van der Waals surface area contributed by atoms with Crippen LogP contribution in [0.5, 0.6) is 0 Å². The van der Waals surface area contributed by atoms with E-state index >= 15 is 0 Å². The largest absolute Gasteiger partial charge is 0.381 e. The molecule has 0 aliphatic carbocycles. The standard InChI is InChI=1S/C21H27N3O/c1-2-18-8-3-4-10-20(18)23-16-17-7-5-9-19(15-17)21(25)24-13-6-11-22-12-14-24/h3-5,7-10,15,22-23H,2,6,11-14,16H2,1H3. The van der Waals surface area contributed by atoms with Gasteiger partial charge in [-0.3, -0.25) is 4.79 Å². The van der Waals surface area contributed by atoms with Crippen molar-refractivity contribution >= 4 is 11.6 Å². The smallest absolute Gasteiger partial charge is 0.253 e. The molecule has 2 N–H and O–H groups in total. The third-order valence-corrected chi connectivity index (χ3v) is 4.68. The molecule has 0 aromatic heterocycles. The highest BCUT2D eigenvalue weighted by Gasteiger charge is 2.17. The summed E-state index contributed by atoms with van der Waals surface area (Å²) in [6.07, 6.45) is 2.02. The normalized spacial score (nSPS) is 14.8. The zero-order valence-electron chi connectivity index (χ0n) is 14.9. The van der Waals surface area contributed by atoms with Gasteiger partial charge in [-0.25, -0.2) is 0 Å². The summed E-state index contributed by atoms with van der Waals surface area (Å²) in [5.74, 6) is 0.138. The molecule has 0 bridgehead atoms. The van der Waals surface area contributed by atoms with Gasteiger partial charge in [0.25, 0.3) is 5.91 Å². The highest BCUT2D eigenvalue weighted by molar-refractivity contribution is 5.94. The molecule has 1 aliphatic heterocycles. The van der Waals surface area contributed by atoms with Gasteiger partial charge in [0.2, 0.25) is 0 Å². The third kappa shape index (κ3) is 4.60. The predicted molar refractivity (Wildman–Crippen MR) is 103 cm³/mol. The average Bonchev–Trinajstić information content (AvgIpc) is 2.95. The Morgan fingerprint density at radius 2 is 2.00 bits per heavy atom. The lowest BCUT2D eigenvalue weighted by Crippen LogP contribution is -2.34. The first kappa shape index (κ1) is 17.5. The summed E-state index contributed by atoms with van der Waals surface area (Å²) >= 11 is 0. The minimum absolute atomic E-state index is 0.138. The summed E-state index contributed by atoms with van der Waals surface area (Å²) < 4.78 is 0. The van der Waals surface area contributed by atoms with Crippen LogP contribution in [0.25, 0.3) is 0 Å². The van der Waals surface area contributed by atoms with Crippen LogP contribution in [0, 0.1) is 0 Å². The van der Waals surface area contributed by atoms with Crippen molar-refractivity contribution in [3.63, 3.8) is 0 Å². The molecule has 1 saturated heterocycles. The molecule has 0 spiro atoms. The number of nitrogens with zero attached hydrogens (tertiary/aromatic N) is 1. The molecule has 2 aromatic carbocycles. The van der Waals surface area contributed by atoms with E-state index in [1.165, 1.54) is 11.3 Å². The van der Waals surface area contributed by atoms with E-state index < -0.39 is 0 Å². The lowest BCUT2D eigenvalue weighted by atomic mass is 10.1. The minimum Gasteiger partial charge on any atom is -0.381 e. The van der Waals surface area contributed by atoms with E-state index in [1.807, 2.05) is 23.1 Å². The van der Waals surface area contributed by atoms with Crippen molar-refractivity contribution in [1.29, 1.82) is 0 Å². The SMILES string of the molecule is CCc1ccccc1NCc1cccc(C(=O)N2CCCNCC2)c1. The van der Waals surface area contributed by atoms with Gasteiger partial charge >= 0.3 is 0 Å². The molecule has 0 saturated carbocycles. The molecule has 1 fully saturated rings. The Kier molecular flexibility index (Phi) is 6.07. The number of aryl methyl sites for hydroxylation is 1. The van der Waals surface area contributed by atoms with Gasteiger partial charge in [-0.2, -0.15) is 0 Å². The molecule has 3 rings (SSSR count). The fraction of sp³-hybridized carbons (Fsp3) is 0.381. The van der Waals surface area contributed by atoms with Crippen LogP contribution in [0.4, 0.5) is 5.69 Å². The molecule has 0 atom stereocenters. The van der Waals surface area contributed by atoms with E-state index in [1.54, 1.807) is 0 Å². The Morgan fingerprint density at radius 3 is 2.88 bits per heavy atom. The summed E-state index contributed by atoms with van der Waals surface area (Å²) in [7, 11) is 0. The number of nitrogens with one attached hydrogen (secondary N) is 2. The zero-order valence-corrected chi connectivity index (χ0v) is 14.9. The number of benzene rings is 2. The summed E-state index contributed by atoms with van der Waals surface area (Å²) in [6.45, 7) is 6.37. The van der Waals surface area contributed by atoms with E-state index in [2.05, 4.69) is 47.9 Å². The van der Waals surface area contributed by atoms with Crippen molar-refractivity contribution < 1.29 is 4.79 Å². The first-order valence-electron chi connectivity index (χ1n) is 9.18. The molecule has 25 heavy (non-hydrogen) atoms. The van der Waals surface area contributed by atoms with Gasteiger partial charge in [-0.05, 0) is 48.7 Å². The predicted octanol–water partition coefficient (Wildman–Crippen LogP) is 3.30. The molecular formula is C21H27N3O. The van der Waals surface area contributed by atoms with E-state index in [-0.39, 0.29) is 5.91 Å². The molecule has 132 valence electrons. The van der Waals surface area contributed by atoms with Crippen LogP contribution in [0.15, 0.2) is 48.5 Å². The van der Waals surface area contributed by atoms with E-state index in [0.29, 0.717) is 0 Å². The first-order chi connectivity index (χ1) is 12.3. The second kappa shape index (κ2) is 8.67. The topological polar surface area (TPSA) is 44.4 Å². The van der Waals surface area contributed by atoms with E-state index in [4.69, 9.17) is 0 Å². The molecule has 0 unspecified atom stereocenters. The van der Waals surface area contributed by atoms with Crippen molar-refractivity contribution in [1.82, 2.24) is 10.2 Å². The number of rotatable bonds is 5. The van der Waals surface area contributed by atoms with Crippen molar-refractivity contribution in [2.75, 3.05) is 31.5 Å². The maximum absolute atomic E-state index is 12.8. The second-order valence-corrected chi connectivity index (χ2v) is 6.46. The Hall–Kier alpha value is -2.33. The van der Waals surface area contributed by atoms with Crippen LogP contribution in [-0.2, 0) is 13.0 Å². The van der Waals surface area contributed by atoms with Gasteiger partial charge in [-0.15, -0.1) is 0 Å². The van der Waals surface area contributed by atoms with Crippen LogP contribution >= 0.6 is 0 Å².